The molecule has 8 heteroatoms. The topological polar surface area (TPSA) is 105 Å². The van der Waals surface area contributed by atoms with Gasteiger partial charge in [-0.25, -0.2) is 4.79 Å². The van der Waals surface area contributed by atoms with Crippen molar-refractivity contribution in [2.24, 2.45) is 0 Å². The number of likely N-dealkylation sites (N-methyl/N-ethyl adjacent to an activating group) is 1. The minimum Gasteiger partial charge on any atom is -0.489 e. The third-order valence-corrected chi connectivity index (χ3v) is 4.36. The summed E-state index contributed by atoms with van der Waals surface area (Å²) in [7, 11) is 1.48. The number of hydrogen-bond acceptors (Lipinski definition) is 4. The number of halogens is 1. The fraction of sp³-hybridized carbons (Fsp3) is 0.286. The molecule has 0 heterocycles. The van der Waals surface area contributed by atoms with Gasteiger partial charge in [0.2, 0.25) is 5.91 Å². The van der Waals surface area contributed by atoms with Gasteiger partial charge in [0.25, 0.3) is 5.91 Å². The van der Waals surface area contributed by atoms with Crippen molar-refractivity contribution in [3.05, 3.63) is 64.2 Å². The lowest BCUT2D eigenvalue weighted by atomic mass is 10.0. The average Bonchev–Trinajstić information content (AvgIpc) is 2.68. The number of benzene rings is 2. The predicted octanol–water partition coefficient (Wildman–Crippen LogP) is 2.91. The summed E-state index contributed by atoms with van der Waals surface area (Å²) in [6, 6.07) is 9.95. The van der Waals surface area contributed by atoms with Gasteiger partial charge in [0.05, 0.1) is 16.7 Å². The van der Waals surface area contributed by atoms with E-state index in [9.17, 15) is 14.4 Å². The maximum absolute atomic E-state index is 12.6. The molecule has 0 spiro atoms. The summed E-state index contributed by atoms with van der Waals surface area (Å²) in [6.45, 7) is 3.74. The van der Waals surface area contributed by atoms with Crippen molar-refractivity contribution in [1.29, 1.82) is 0 Å². The number of ether oxygens (including phenoxy) is 1. The lowest BCUT2D eigenvalue weighted by Gasteiger charge is -2.18. The van der Waals surface area contributed by atoms with Gasteiger partial charge >= 0.3 is 5.97 Å². The fourth-order valence-electron chi connectivity index (χ4n) is 2.64. The first kappa shape index (κ1) is 22.2. The van der Waals surface area contributed by atoms with Crippen molar-refractivity contribution in [2.75, 3.05) is 7.05 Å². The van der Waals surface area contributed by atoms with Crippen LogP contribution in [0.1, 0.15) is 40.1 Å². The first-order chi connectivity index (χ1) is 13.7. The van der Waals surface area contributed by atoms with Crippen LogP contribution in [0.15, 0.2) is 42.5 Å². The van der Waals surface area contributed by atoms with Crippen LogP contribution in [-0.2, 0) is 11.2 Å². The van der Waals surface area contributed by atoms with Crippen LogP contribution in [-0.4, -0.2) is 42.1 Å². The second kappa shape index (κ2) is 9.93. The van der Waals surface area contributed by atoms with Crippen LogP contribution < -0.4 is 15.4 Å². The van der Waals surface area contributed by atoms with E-state index < -0.39 is 17.9 Å². The van der Waals surface area contributed by atoms with Crippen molar-refractivity contribution >= 4 is 29.4 Å². The van der Waals surface area contributed by atoms with Crippen molar-refractivity contribution in [2.45, 2.75) is 32.4 Å². The number of carbonyl (C=O) groups excluding carboxylic acids is 2. The van der Waals surface area contributed by atoms with E-state index in [2.05, 4.69) is 10.6 Å². The quantitative estimate of drug-likeness (QED) is 0.611. The van der Waals surface area contributed by atoms with Crippen molar-refractivity contribution < 1.29 is 24.2 Å². The fourth-order valence-corrected chi connectivity index (χ4v) is 2.86. The molecule has 2 aromatic rings. The third-order valence-electron chi connectivity index (χ3n) is 4.07. The molecule has 2 aromatic carbocycles. The smallest absolute Gasteiger partial charge is 0.335 e. The Morgan fingerprint density at radius 3 is 2.21 bits per heavy atom. The number of rotatable bonds is 8. The molecule has 2 amide bonds. The van der Waals surface area contributed by atoms with E-state index in [-0.39, 0.29) is 24.0 Å². The van der Waals surface area contributed by atoms with Crippen LogP contribution in [0.2, 0.25) is 5.02 Å². The van der Waals surface area contributed by atoms with Crippen LogP contribution >= 0.6 is 11.6 Å². The SMILES string of the molecule is CNC(=O)C(Cc1ccc(C(=O)O)cc1)NC(=O)c1ccc(OC(C)C)c(Cl)c1. The monoisotopic (exact) mass is 418 g/mol. The van der Waals surface area contributed by atoms with Crippen LogP contribution in [0.3, 0.4) is 0 Å². The van der Waals surface area contributed by atoms with Crippen LogP contribution in [0.5, 0.6) is 5.75 Å². The van der Waals surface area contributed by atoms with E-state index in [1.165, 1.54) is 25.2 Å². The second-order valence-electron chi connectivity index (χ2n) is 6.66. The molecule has 0 fully saturated rings. The lowest BCUT2D eigenvalue weighted by Crippen LogP contribution is -2.47. The Labute approximate surface area is 174 Å². The van der Waals surface area contributed by atoms with Crippen LogP contribution in [0, 0.1) is 0 Å². The zero-order chi connectivity index (χ0) is 21.6. The van der Waals surface area contributed by atoms with Gasteiger partial charge in [-0.1, -0.05) is 23.7 Å². The van der Waals surface area contributed by atoms with E-state index in [1.807, 2.05) is 13.8 Å². The molecule has 0 saturated heterocycles. The summed E-state index contributed by atoms with van der Waals surface area (Å²) in [4.78, 5) is 35.8. The van der Waals surface area contributed by atoms with Gasteiger partial charge in [0, 0.05) is 19.0 Å². The molecule has 0 aliphatic carbocycles. The zero-order valence-corrected chi connectivity index (χ0v) is 17.1. The Bertz CT molecular complexity index is 896. The summed E-state index contributed by atoms with van der Waals surface area (Å²) in [5.74, 6) is -1.39. The molecule has 3 N–H and O–H groups in total. The van der Waals surface area contributed by atoms with Gasteiger partial charge in [0.15, 0.2) is 0 Å². The molecule has 154 valence electrons. The molecule has 0 radical (unpaired) electrons. The molecule has 0 bridgehead atoms. The van der Waals surface area contributed by atoms with Gasteiger partial charge in [-0.2, -0.15) is 0 Å². The summed E-state index contributed by atoms with van der Waals surface area (Å²) in [5, 5.41) is 14.5. The molecule has 0 aromatic heterocycles. The number of amides is 2. The Morgan fingerprint density at radius 1 is 1.07 bits per heavy atom. The third kappa shape index (κ3) is 6.22. The number of hydrogen-bond donors (Lipinski definition) is 3. The highest BCUT2D eigenvalue weighted by Gasteiger charge is 2.22. The van der Waals surface area contributed by atoms with E-state index in [4.69, 9.17) is 21.4 Å². The molecule has 0 saturated carbocycles. The van der Waals surface area contributed by atoms with E-state index in [0.29, 0.717) is 21.9 Å². The molecule has 2 rings (SSSR count). The van der Waals surface area contributed by atoms with Gasteiger partial charge in [-0.05, 0) is 49.7 Å². The summed E-state index contributed by atoms with van der Waals surface area (Å²) in [6.07, 6.45) is 0.144. The molecular formula is C21H23ClN2O5. The highest BCUT2D eigenvalue weighted by molar-refractivity contribution is 6.32. The summed E-state index contributed by atoms with van der Waals surface area (Å²) >= 11 is 6.18. The standard InChI is InChI=1S/C21H23ClN2O5/c1-12(2)29-18-9-8-15(11-16(18)22)19(25)24-17(20(26)23-3)10-13-4-6-14(7-5-13)21(27)28/h4-9,11-12,17H,10H2,1-3H3,(H,23,26)(H,24,25)(H,27,28). The number of carboxylic acid groups (broad SMARTS) is 1. The molecule has 29 heavy (non-hydrogen) atoms. The van der Waals surface area contributed by atoms with E-state index in [0.717, 1.165) is 0 Å². The number of aromatic carboxylic acids is 1. The van der Waals surface area contributed by atoms with Crippen molar-refractivity contribution in [3.63, 3.8) is 0 Å². The first-order valence-electron chi connectivity index (χ1n) is 9.02. The number of carboxylic acids is 1. The highest BCUT2D eigenvalue weighted by atomic mass is 35.5. The molecule has 0 aliphatic heterocycles. The molecule has 0 aliphatic rings. The maximum atomic E-state index is 12.6. The Hall–Kier alpha value is -3.06. The largest absolute Gasteiger partial charge is 0.489 e. The minimum absolute atomic E-state index is 0.0580. The average molecular weight is 419 g/mol. The van der Waals surface area contributed by atoms with Crippen LogP contribution in [0.25, 0.3) is 0 Å². The van der Waals surface area contributed by atoms with Gasteiger partial charge in [0.1, 0.15) is 11.8 Å². The highest BCUT2D eigenvalue weighted by Crippen LogP contribution is 2.26. The Kier molecular flexibility index (Phi) is 7.61. The number of carbonyl (C=O) groups is 3. The lowest BCUT2D eigenvalue weighted by molar-refractivity contribution is -0.122. The minimum atomic E-state index is -1.03. The van der Waals surface area contributed by atoms with Crippen LogP contribution in [0.4, 0.5) is 0 Å². The zero-order valence-electron chi connectivity index (χ0n) is 16.4. The normalized spacial score (nSPS) is 11.6. The van der Waals surface area contributed by atoms with Gasteiger partial charge < -0.3 is 20.5 Å². The maximum Gasteiger partial charge on any atom is 0.335 e. The van der Waals surface area contributed by atoms with Gasteiger partial charge in [-0.15, -0.1) is 0 Å². The van der Waals surface area contributed by atoms with E-state index >= 15 is 0 Å². The summed E-state index contributed by atoms with van der Waals surface area (Å²) < 4.78 is 5.55. The molecule has 1 unspecified atom stereocenters. The van der Waals surface area contributed by atoms with Gasteiger partial charge in [-0.3, -0.25) is 9.59 Å². The second-order valence-corrected chi connectivity index (χ2v) is 7.07. The van der Waals surface area contributed by atoms with E-state index in [1.54, 1.807) is 24.3 Å². The molecular weight excluding hydrogens is 396 g/mol. The summed E-state index contributed by atoms with van der Waals surface area (Å²) in [5.41, 5.74) is 1.15. The van der Waals surface area contributed by atoms with Crippen molar-refractivity contribution in [3.8, 4) is 5.75 Å². The molecule has 1 atom stereocenters. The predicted molar refractivity (Wildman–Crippen MR) is 110 cm³/mol. The van der Waals surface area contributed by atoms with Crippen molar-refractivity contribution in [1.82, 2.24) is 10.6 Å². The Balaban J connectivity index is 2.15. The Morgan fingerprint density at radius 2 is 1.69 bits per heavy atom. The first-order valence-corrected chi connectivity index (χ1v) is 9.40. The number of nitrogens with one attached hydrogen (secondary N) is 2. The molecule has 7 nitrogen and oxygen atoms in total.